The molecular formula is C15H16Br2N2O2. The van der Waals surface area contributed by atoms with E-state index in [1.165, 1.54) is 0 Å². The summed E-state index contributed by atoms with van der Waals surface area (Å²) in [5.74, 6) is 0.344. The highest BCUT2D eigenvalue weighted by atomic mass is 79.9. The van der Waals surface area contributed by atoms with Crippen molar-refractivity contribution >= 4 is 37.8 Å². The molecule has 0 bridgehead atoms. The maximum absolute atomic E-state index is 12.0. The average Bonchev–Trinajstić information content (AvgIpc) is 2.47. The van der Waals surface area contributed by atoms with Gasteiger partial charge in [0.2, 0.25) is 0 Å². The minimum absolute atomic E-state index is 0.0936. The molecule has 1 N–H and O–H groups in total. The molecule has 4 nitrogen and oxygen atoms in total. The molecule has 21 heavy (non-hydrogen) atoms. The number of nitriles is 1. The maximum atomic E-state index is 12.0. The Morgan fingerprint density at radius 2 is 2.05 bits per heavy atom. The Hall–Kier alpha value is -1.06. The Kier molecular flexibility index (Phi) is 5.65. The topological polar surface area (TPSA) is 62.1 Å². The van der Waals surface area contributed by atoms with Crippen LogP contribution >= 0.6 is 31.9 Å². The maximum Gasteiger partial charge on any atom is 0.259 e. The number of amides is 1. The van der Waals surface area contributed by atoms with Gasteiger partial charge in [-0.15, -0.1) is 0 Å². The smallest absolute Gasteiger partial charge is 0.259 e. The number of hydrogen-bond donors (Lipinski definition) is 1. The summed E-state index contributed by atoms with van der Waals surface area (Å²) < 4.78 is 7.20. The van der Waals surface area contributed by atoms with Gasteiger partial charge in [-0.05, 0) is 47.0 Å². The van der Waals surface area contributed by atoms with E-state index in [9.17, 15) is 10.1 Å². The molecule has 0 aliphatic heterocycles. The monoisotopic (exact) mass is 414 g/mol. The van der Waals surface area contributed by atoms with Gasteiger partial charge in [0.15, 0.2) is 6.61 Å². The van der Waals surface area contributed by atoms with Gasteiger partial charge in [-0.3, -0.25) is 4.79 Å². The summed E-state index contributed by atoms with van der Waals surface area (Å²) in [6.07, 6.45) is 4.52. The number of rotatable bonds is 4. The third-order valence-corrected chi connectivity index (χ3v) is 4.67. The lowest BCUT2D eigenvalue weighted by Gasteiger charge is -2.31. The van der Waals surface area contributed by atoms with Gasteiger partial charge in [-0.2, -0.15) is 5.26 Å². The lowest BCUT2D eigenvalue weighted by molar-refractivity contribution is -0.124. The highest BCUT2D eigenvalue weighted by molar-refractivity contribution is 9.11. The fraction of sp³-hybridized carbons (Fsp3) is 0.467. The first kappa shape index (κ1) is 16.3. The predicted molar refractivity (Wildman–Crippen MR) is 86.9 cm³/mol. The van der Waals surface area contributed by atoms with E-state index >= 15 is 0 Å². The van der Waals surface area contributed by atoms with Gasteiger partial charge in [0, 0.05) is 4.47 Å². The van der Waals surface area contributed by atoms with Gasteiger partial charge in [-0.1, -0.05) is 35.2 Å². The first-order chi connectivity index (χ1) is 10.0. The third-order valence-electron chi connectivity index (χ3n) is 3.55. The number of benzene rings is 1. The molecule has 1 saturated carbocycles. The van der Waals surface area contributed by atoms with E-state index in [2.05, 4.69) is 43.2 Å². The van der Waals surface area contributed by atoms with Crippen LogP contribution in [0.4, 0.5) is 0 Å². The number of nitrogens with one attached hydrogen (secondary N) is 1. The zero-order valence-electron chi connectivity index (χ0n) is 11.5. The quantitative estimate of drug-likeness (QED) is 0.810. The van der Waals surface area contributed by atoms with Crippen LogP contribution in [-0.4, -0.2) is 18.1 Å². The van der Waals surface area contributed by atoms with Gasteiger partial charge in [0.05, 0.1) is 10.5 Å². The van der Waals surface area contributed by atoms with E-state index in [-0.39, 0.29) is 12.5 Å². The van der Waals surface area contributed by atoms with Crippen LogP contribution in [-0.2, 0) is 4.79 Å². The molecule has 112 valence electrons. The van der Waals surface area contributed by atoms with Gasteiger partial charge in [0.1, 0.15) is 11.3 Å². The van der Waals surface area contributed by atoms with Crippen LogP contribution in [0.5, 0.6) is 5.75 Å². The summed E-state index contributed by atoms with van der Waals surface area (Å²) in [4.78, 5) is 12.0. The van der Waals surface area contributed by atoms with Crippen molar-refractivity contribution in [3.63, 3.8) is 0 Å². The predicted octanol–water partition coefficient (Wildman–Crippen LogP) is 3.93. The number of carbonyl (C=O) groups excluding carboxylic acids is 1. The van der Waals surface area contributed by atoms with Crippen molar-refractivity contribution in [2.75, 3.05) is 6.61 Å². The van der Waals surface area contributed by atoms with Crippen molar-refractivity contribution in [2.45, 2.75) is 37.6 Å². The van der Waals surface area contributed by atoms with E-state index in [0.29, 0.717) is 5.75 Å². The number of nitrogens with zero attached hydrogens (tertiary/aromatic N) is 1. The fourth-order valence-electron chi connectivity index (χ4n) is 2.46. The SMILES string of the molecule is N#CC1(NC(=O)COc2ccc(Br)cc2Br)CCCCC1. The number of carbonyl (C=O) groups is 1. The Labute approximate surface area is 141 Å². The summed E-state index contributed by atoms with van der Waals surface area (Å²) in [7, 11) is 0. The first-order valence-corrected chi connectivity index (χ1v) is 8.43. The lowest BCUT2D eigenvalue weighted by atomic mass is 9.83. The van der Waals surface area contributed by atoms with Gasteiger partial charge < -0.3 is 10.1 Å². The lowest BCUT2D eigenvalue weighted by Crippen LogP contribution is -2.50. The van der Waals surface area contributed by atoms with Gasteiger partial charge in [0.25, 0.3) is 5.91 Å². The van der Waals surface area contributed by atoms with E-state index in [0.717, 1.165) is 41.0 Å². The second kappa shape index (κ2) is 7.28. The molecule has 6 heteroatoms. The molecule has 1 aromatic rings. The zero-order chi connectivity index (χ0) is 15.3. The molecule has 1 aliphatic rings. The van der Waals surface area contributed by atoms with Crippen LogP contribution in [0.3, 0.4) is 0 Å². The highest BCUT2D eigenvalue weighted by Gasteiger charge is 2.33. The summed E-state index contributed by atoms with van der Waals surface area (Å²) in [5, 5.41) is 12.2. The molecule has 0 unspecified atom stereocenters. The molecule has 0 atom stereocenters. The van der Waals surface area contributed by atoms with Crippen LogP contribution in [0.1, 0.15) is 32.1 Å². The minimum Gasteiger partial charge on any atom is -0.483 e. The molecule has 1 amide bonds. The van der Waals surface area contributed by atoms with Crippen molar-refractivity contribution in [3.8, 4) is 11.8 Å². The molecule has 0 saturated heterocycles. The molecule has 1 fully saturated rings. The van der Waals surface area contributed by atoms with E-state index in [4.69, 9.17) is 4.74 Å². The number of halogens is 2. The van der Waals surface area contributed by atoms with Crippen LogP contribution in [0.25, 0.3) is 0 Å². The molecule has 0 spiro atoms. The number of ether oxygens (including phenoxy) is 1. The van der Waals surface area contributed by atoms with E-state index in [1.807, 2.05) is 12.1 Å². The van der Waals surface area contributed by atoms with Crippen molar-refractivity contribution in [3.05, 3.63) is 27.1 Å². The molecule has 2 rings (SSSR count). The van der Waals surface area contributed by atoms with E-state index in [1.54, 1.807) is 6.07 Å². The second-order valence-electron chi connectivity index (χ2n) is 5.17. The fourth-order valence-corrected chi connectivity index (χ4v) is 3.62. The first-order valence-electron chi connectivity index (χ1n) is 6.85. The summed E-state index contributed by atoms with van der Waals surface area (Å²) >= 11 is 6.74. The van der Waals surface area contributed by atoms with Gasteiger partial charge >= 0.3 is 0 Å². The van der Waals surface area contributed by atoms with Crippen LogP contribution < -0.4 is 10.1 Å². The molecular weight excluding hydrogens is 400 g/mol. The van der Waals surface area contributed by atoms with Crippen LogP contribution in [0, 0.1) is 11.3 Å². The highest BCUT2D eigenvalue weighted by Crippen LogP contribution is 2.29. The van der Waals surface area contributed by atoms with Gasteiger partial charge in [-0.25, -0.2) is 0 Å². The largest absolute Gasteiger partial charge is 0.483 e. The Balaban J connectivity index is 1.91. The summed E-state index contributed by atoms with van der Waals surface area (Å²) in [5.41, 5.74) is -0.713. The Morgan fingerprint density at radius 3 is 2.67 bits per heavy atom. The Morgan fingerprint density at radius 1 is 1.33 bits per heavy atom. The van der Waals surface area contributed by atoms with Crippen molar-refractivity contribution < 1.29 is 9.53 Å². The second-order valence-corrected chi connectivity index (χ2v) is 6.94. The van der Waals surface area contributed by atoms with Crippen LogP contribution in [0.15, 0.2) is 27.1 Å². The zero-order valence-corrected chi connectivity index (χ0v) is 14.7. The molecule has 0 heterocycles. The standard InChI is InChI=1S/C15H16Br2N2O2/c16-11-4-5-13(12(17)8-11)21-9-14(20)19-15(10-18)6-2-1-3-7-15/h4-5,8H,1-3,6-7,9H2,(H,19,20). The van der Waals surface area contributed by atoms with Crippen molar-refractivity contribution in [1.29, 1.82) is 5.26 Å². The van der Waals surface area contributed by atoms with Crippen molar-refractivity contribution in [2.24, 2.45) is 0 Å². The normalized spacial score (nSPS) is 16.8. The van der Waals surface area contributed by atoms with Crippen LogP contribution in [0.2, 0.25) is 0 Å². The minimum atomic E-state index is -0.713. The van der Waals surface area contributed by atoms with E-state index < -0.39 is 5.54 Å². The molecule has 1 aromatic carbocycles. The average molecular weight is 416 g/mol. The summed E-state index contributed by atoms with van der Waals surface area (Å²) in [6, 6.07) is 7.74. The molecule has 1 aliphatic carbocycles. The summed E-state index contributed by atoms with van der Waals surface area (Å²) in [6.45, 7) is -0.0936. The molecule has 0 aromatic heterocycles. The molecule has 0 radical (unpaired) electrons. The third kappa shape index (κ3) is 4.45. The van der Waals surface area contributed by atoms with Crippen molar-refractivity contribution in [1.82, 2.24) is 5.32 Å². The Bertz CT molecular complexity index is 563. The number of hydrogen-bond acceptors (Lipinski definition) is 3.